The SMILES string of the molecule is C=C=CCS(=O)(=O)c1ccccc1. The molecule has 0 aliphatic carbocycles. The maximum atomic E-state index is 11.5. The zero-order valence-corrected chi connectivity index (χ0v) is 7.92. The molecule has 13 heavy (non-hydrogen) atoms. The molecular weight excluding hydrogens is 184 g/mol. The summed E-state index contributed by atoms with van der Waals surface area (Å²) in [6.45, 7) is 3.31. The molecule has 3 heteroatoms. The molecule has 1 aromatic rings. The van der Waals surface area contributed by atoms with Gasteiger partial charge in [0.05, 0.1) is 10.6 Å². The molecule has 0 aromatic heterocycles. The molecule has 0 fully saturated rings. The smallest absolute Gasteiger partial charge is 0.182 e. The Balaban J connectivity index is 3.02. The second-order valence-electron chi connectivity index (χ2n) is 2.50. The van der Waals surface area contributed by atoms with Crippen molar-refractivity contribution in [3.8, 4) is 0 Å². The van der Waals surface area contributed by atoms with E-state index in [1.165, 1.54) is 6.08 Å². The van der Waals surface area contributed by atoms with Gasteiger partial charge in [-0.15, -0.1) is 5.73 Å². The van der Waals surface area contributed by atoms with Crippen molar-refractivity contribution in [3.05, 3.63) is 48.7 Å². The Kier molecular flexibility index (Phi) is 3.07. The van der Waals surface area contributed by atoms with Crippen LogP contribution >= 0.6 is 0 Å². The van der Waals surface area contributed by atoms with E-state index in [4.69, 9.17) is 0 Å². The molecule has 0 aliphatic rings. The van der Waals surface area contributed by atoms with Crippen LogP contribution in [0.3, 0.4) is 0 Å². The summed E-state index contributed by atoms with van der Waals surface area (Å²) in [7, 11) is -3.18. The van der Waals surface area contributed by atoms with Crippen molar-refractivity contribution in [2.45, 2.75) is 4.90 Å². The Morgan fingerprint density at radius 1 is 1.31 bits per heavy atom. The van der Waals surface area contributed by atoms with Gasteiger partial charge in [0, 0.05) is 0 Å². The lowest BCUT2D eigenvalue weighted by molar-refractivity contribution is 0.599. The fourth-order valence-corrected chi connectivity index (χ4v) is 1.99. The van der Waals surface area contributed by atoms with E-state index in [1.54, 1.807) is 30.3 Å². The quantitative estimate of drug-likeness (QED) is 0.687. The van der Waals surface area contributed by atoms with Crippen LogP contribution in [0.4, 0.5) is 0 Å². The molecule has 0 N–H and O–H groups in total. The third-order valence-electron chi connectivity index (χ3n) is 1.55. The molecule has 0 amide bonds. The topological polar surface area (TPSA) is 34.1 Å². The van der Waals surface area contributed by atoms with Gasteiger partial charge >= 0.3 is 0 Å². The van der Waals surface area contributed by atoms with Gasteiger partial charge in [0.1, 0.15) is 0 Å². The lowest BCUT2D eigenvalue weighted by atomic mass is 10.4. The van der Waals surface area contributed by atoms with E-state index >= 15 is 0 Å². The summed E-state index contributed by atoms with van der Waals surface area (Å²) >= 11 is 0. The summed E-state index contributed by atoms with van der Waals surface area (Å²) in [4.78, 5) is 0.335. The van der Waals surface area contributed by atoms with E-state index in [1.807, 2.05) is 0 Å². The van der Waals surface area contributed by atoms with Gasteiger partial charge in [-0.3, -0.25) is 0 Å². The van der Waals surface area contributed by atoms with Crippen LogP contribution in [0.2, 0.25) is 0 Å². The maximum absolute atomic E-state index is 11.5. The molecule has 68 valence electrons. The second-order valence-corrected chi connectivity index (χ2v) is 4.54. The van der Waals surface area contributed by atoms with Crippen molar-refractivity contribution in [2.24, 2.45) is 0 Å². The summed E-state index contributed by atoms with van der Waals surface area (Å²) < 4.78 is 23.0. The minimum absolute atomic E-state index is 0.0412. The van der Waals surface area contributed by atoms with Gasteiger partial charge in [0.2, 0.25) is 0 Å². The highest BCUT2D eigenvalue weighted by molar-refractivity contribution is 7.91. The first-order valence-corrected chi connectivity index (χ1v) is 5.44. The number of hydrogen-bond donors (Lipinski definition) is 0. The van der Waals surface area contributed by atoms with E-state index in [2.05, 4.69) is 12.3 Å². The van der Waals surface area contributed by atoms with Crippen LogP contribution < -0.4 is 0 Å². The van der Waals surface area contributed by atoms with Crippen molar-refractivity contribution in [1.29, 1.82) is 0 Å². The summed E-state index contributed by atoms with van der Waals surface area (Å²) in [5.74, 6) is -0.0412. The Hall–Kier alpha value is -1.31. The van der Waals surface area contributed by atoms with E-state index in [-0.39, 0.29) is 5.75 Å². The molecule has 0 bridgehead atoms. The van der Waals surface area contributed by atoms with Gasteiger partial charge in [0.15, 0.2) is 9.84 Å². The van der Waals surface area contributed by atoms with Crippen LogP contribution in [0.25, 0.3) is 0 Å². The molecule has 0 saturated heterocycles. The fraction of sp³-hybridized carbons (Fsp3) is 0.100. The number of rotatable bonds is 3. The van der Waals surface area contributed by atoms with Gasteiger partial charge < -0.3 is 0 Å². The molecule has 0 aliphatic heterocycles. The van der Waals surface area contributed by atoms with Crippen LogP contribution in [0, 0.1) is 0 Å². The molecule has 2 nitrogen and oxygen atoms in total. The van der Waals surface area contributed by atoms with Crippen molar-refractivity contribution < 1.29 is 8.42 Å². The minimum Gasteiger partial charge on any atom is -0.223 e. The van der Waals surface area contributed by atoms with Crippen molar-refractivity contribution in [1.82, 2.24) is 0 Å². The zero-order chi connectivity index (χ0) is 9.73. The lowest BCUT2D eigenvalue weighted by Gasteiger charge is -1.98. The maximum Gasteiger partial charge on any atom is 0.182 e. The third kappa shape index (κ3) is 2.58. The summed E-state index contributed by atoms with van der Waals surface area (Å²) in [5.41, 5.74) is 2.44. The van der Waals surface area contributed by atoms with Crippen LogP contribution in [0.15, 0.2) is 53.6 Å². The zero-order valence-electron chi connectivity index (χ0n) is 7.10. The molecule has 0 unspecified atom stereocenters. The molecule has 0 heterocycles. The Labute approximate surface area is 78.1 Å². The predicted octanol–water partition coefficient (Wildman–Crippen LogP) is 1.80. The Bertz CT molecular complexity index is 411. The van der Waals surface area contributed by atoms with Crippen molar-refractivity contribution in [3.63, 3.8) is 0 Å². The van der Waals surface area contributed by atoms with Gasteiger partial charge in [-0.2, -0.15) is 0 Å². The number of benzene rings is 1. The van der Waals surface area contributed by atoms with Gasteiger partial charge in [-0.25, -0.2) is 8.42 Å². The average molecular weight is 194 g/mol. The van der Waals surface area contributed by atoms with Crippen molar-refractivity contribution in [2.75, 3.05) is 5.75 Å². The monoisotopic (exact) mass is 194 g/mol. The lowest BCUT2D eigenvalue weighted by Crippen LogP contribution is -2.03. The Morgan fingerprint density at radius 2 is 1.92 bits per heavy atom. The van der Waals surface area contributed by atoms with E-state index < -0.39 is 9.84 Å². The van der Waals surface area contributed by atoms with Crippen molar-refractivity contribution >= 4 is 9.84 Å². The number of sulfone groups is 1. The molecule has 0 atom stereocenters. The summed E-state index contributed by atoms with van der Waals surface area (Å²) in [5, 5.41) is 0. The molecule has 1 rings (SSSR count). The molecule has 1 aromatic carbocycles. The third-order valence-corrected chi connectivity index (χ3v) is 3.15. The van der Waals surface area contributed by atoms with Gasteiger partial charge in [0.25, 0.3) is 0 Å². The van der Waals surface area contributed by atoms with E-state index in [9.17, 15) is 8.42 Å². The highest BCUT2D eigenvalue weighted by Gasteiger charge is 2.10. The van der Waals surface area contributed by atoms with E-state index in [0.717, 1.165) is 0 Å². The van der Waals surface area contributed by atoms with Crippen LogP contribution in [-0.2, 0) is 9.84 Å². The summed E-state index contributed by atoms with van der Waals surface area (Å²) in [6.07, 6.45) is 1.41. The number of hydrogen-bond acceptors (Lipinski definition) is 2. The normalized spacial score (nSPS) is 10.5. The highest BCUT2D eigenvalue weighted by Crippen LogP contribution is 2.09. The minimum atomic E-state index is -3.18. The fourth-order valence-electron chi connectivity index (χ4n) is 0.893. The predicted molar refractivity (Wildman–Crippen MR) is 52.2 cm³/mol. The van der Waals surface area contributed by atoms with Crippen LogP contribution in [0.5, 0.6) is 0 Å². The molecular formula is C10H10O2S. The highest BCUT2D eigenvalue weighted by atomic mass is 32.2. The first-order valence-electron chi connectivity index (χ1n) is 3.79. The summed E-state index contributed by atoms with van der Waals surface area (Å²) in [6, 6.07) is 8.33. The van der Waals surface area contributed by atoms with Crippen LogP contribution in [-0.4, -0.2) is 14.2 Å². The first kappa shape index (κ1) is 9.78. The van der Waals surface area contributed by atoms with Gasteiger partial charge in [-0.05, 0) is 18.2 Å². The largest absolute Gasteiger partial charge is 0.223 e. The van der Waals surface area contributed by atoms with Gasteiger partial charge in [-0.1, -0.05) is 24.8 Å². The molecule has 0 saturated carbocycles. The average Bonchev–Trinajstić information content (AvgIpc) is 2.16. The Morgan fingerprint density at radius 3 is 2.46 bits per heavy atom. The molecule has 0 spiro atoms. The standard InChI is InChI=1S/C10H10O2S/c1-2-3-9-13(11,12)10-7-5-4-6-8-10/h3-8H,1,9H2. The molecule has 0 radical (unpaired) electrons. The van der Waals surface area contributed by atoms with E-state index in [0.29, 0.717) is 4.90 Å². The first-order chi connectivity index (χ1) is 6.17. The second kappa shape index (κ2) is 4.08. The van der Waals surface area contributed by atoms with Crippen LogP contribution in [0.1, 0.15) is 0 Å².